The van der Waals surface area contributed by atoms with Gasteiger partial charge in [0.25, 0.3) is 0 Å². The van der Waals surface area contributed by atoms with Gasteiger partial charge < -0.3 is 5.32 Å². The van der Waals surface area contributed by atoms with Crippen molar-refractivity contribution in [3.8, 4) is 0 Å². The van der Waals surface area contributed by atoms with Crippen LogP contribution in [-0.4, -0.2) is 31.1 Å². The number of allylic oxidation sites excluding steroid dienone is 1. The lowest BCUT2D eigenvalue weighted by molar-refractivity contribution is 0.196. The van der Waals surface area contributed by atoms with Gasteiger partial charge in [-0.05, 0) is 69.8 Å². The van der Waals surface area contributed by atoms with Gasteiger partial charge in [0.05, 0.1) is 0 Å². The number of piperidine rings is 1. The first-order chi connectivity index (χ1) is 11.1. The number of rotatable bonds is 6. The SMILES string of the molecule is C=CC1CCN(Cc2ccc(CC)cc2)CC1.CCC(C)NC. The third-order valence-electron chi connectivity index (χ3n) is 4.91. The monoisotopic (exact) mass is 316 g/mol. The summed E-state index contributed by atoms with van der Waals surface area (Å²) >= 11 is 0. The van der Waals surface area contributed by atoms with Crippen LogP contribution in [-0.2, 0) is 13.0 Å². The lowest BCUT2D eigenvalue weighted by atomic mass is 9.97. The van der Waals surface area contributed by atoms with Gasteiger partial charge in [-0.3, -0.25) is 4.90 Å². The van der Waals surface area contributed by atoms with Gasteiger partial charge in [0.2, 0.25) is 0 Å². The molecule has 0 spiro atoms. The Balaban J connectivity index is 0.000000379. The van der Waals surface area contributed by atoms with Crippen LogP contribution < -0.4 is 5.32 Å². The van der Waals surface area contributed by atoms with Gasteiger partial charge in [-0.15, -0.1) is 6.58 Å². The van der Waals surface area contributed by atoms with Crippen molar-refractivity contribution in [2.24, 2.45) is 5.92 Å². The van der Waals surface area contributed by atoms with Crippen LogP contribution in [0.1, 0.15) is 51.2 Å². The van der Waals surface area contributed by atoms with E-state index in [0.29, 0.717) is 6.04 Å². The Bertz CT molecular complexity index is 412. The highest BCUT2D eigenvalue weighted by molar-refractivity contribution is 5.22. The molecule has 1 aliphatic rings. The molecule has 130 valence electrons. The lowest BCUT2D eigenvalue weighted by Crippen LogP contribution is -2.32. The van der Waals surface area contributed by atoms with Crippen molar-refractivity contribution in [3.05, 3.63) is 48.0 Å². The number of likely N-dealkylation sites (tertiary alicyclic amines) is 1. The number of aryl methyl sites for hydroxylation is 1. The third kappa shape index (κ3) is 7.81. The van der Waals surface area contributed by atoms with Crippen LogP contribution in [0.3, 0.4) is 0 Å². The molecule has 0 radical (unpaired) electrons. The number of nitrogens with zero attached hydrogens (tertiary/aromatic N) is 1. The van der Waals surface area contributed by atoms with Gasteiger partial charge in [0.1, 0.15) is 0 Å². The normalized spacial score (nSPS) is 17.2. The average molecular weight is 317 g/mol. The van der Waals surface area contributed by atoms with Gasteiger partial charge in [-0.1, -0.05) is 44.2 Å². The zero-order valence-corrected chi connectivity index (χ0v) is 15.6. The predicted octanol–water partition coefficient (Wildman–Crippen LogP) is 4.65. The fourth-order valence-electron chi connectivity index (χ4n) is 2.69. The number of nitrogens with one attached hydrogen (secondary N) is 1. The van der Waals surface area contributed by atoms with Crippen LogP contribution in [0.15, 0.2) is 36.9 Å². The van der Waals surface area contributed by atoms with Crippen LogP contribution in [0.2, 0.25) is 0 Å². The molecule has 23 heavy (non-hydrogen) atoms. The first-order valence-electron chi connectivity index (χ1n) is 9.22. The van der Waals surface area contributed by atoms with Crippen LogP contribution in [0, 0.1) is 5.92 Å². The predicted molar refractivity (Wildman–Crippen MR) is 103 cm³/mol. The second kappa shape index (κ2) is 11.4. The smallest absolute Gasteiger partial charge is 0.0233 e. The molecule has 0 bridgehead atoms. The first-order valence-corrected chi connectivity index (χ1v) is 9.22. The van der Waals surface area contributed by atoms with Gasteiger partial charge in [0, 0.05) is 12.6 Å². The highest BCUT2D eigenvalue weighted by Crippen LogP contribution is 2.19. The van der Waals surface area contributed by atoms with Crippen molar-refractivity contribution in [3.63, 3.8) is 0 Å². The Kier molecular flexibility index (Phi) is 9.89. The topological polar surface area (TPSA) is 15.3 Å². The van der Waals surface area contributed by atoms with E-state index in [4.69, 9.17) is 0 Å². The standard InChI is InChI=1S/C16H23N.C5H13N/c1-3-14-5-7-16(8-6-14)13-17-11-9-15(4-2)10-12-17;1-4-5(2)6-3/h4-8,15H,2-3,9-13H2,1H3;5-6H,4H2,1-3H3. The van der Waals surface area contributed by atoms with Gasteiger partial charge in [-0.25, -0.2) is 0 Å². The molecule has 0 saturated carbocycles. The number of hydrogen-bond acceptors (Lipinski definition) is 2. The molecule has 0 aromatic heterocycles. The van der Waals surface area contributed by atoms with Crippen LogP contribution in [0.4, 0.5) is 0 Å². The second-order valence-electron chi connectivity index (χ2n) is 6.62. The van der Waals surface area contributed by atoms with E-state index in [0.717, 1.165) is 18.9 Å². The summed E-state index contributed by atoms with van der Waals surface area (Å²) in [5, 5.41) is 3.11. The second-order valence-corrected chi connectivity index (χ2v) is 6.62. The molecule has 0 amide bonds. The Hall–Kier alpha value is -1.12. The Morgan fingerprint density at radius 1 is 1.17 bits per heavy atom. The molecule has 1 saturated heterocycles. The van der Waals surface area contributed by atoms with E-state index >= 15 is 0 Å². The maximum absolute atomic E-state index is 3.89. The van der Waals surface area contributed by atoms with Gasteiger partial charge in [-0.2, -0.15) is 0 Å². The Labute approximate surface area is 144 Å². The zero-order chi connectivity index (χ0) is 17.1. The van der Waals surface area contributed by atoms with Gasteiger partial charge >= 0.3 is 0 Å². The fraction of sp³-hybridized carbons (Fsp3) is 0.619. The third-order valence-corrected chi connectivity index (χ3v) is 4.91. The maximum atomic E-state index is 3.89. The molecule has 1 N–H and O–H groups in total. The Morgan fingerprint density at radius 3 is 2.13 bits per heavy atom. The molecule has 1 aliphatic heterocycles. The van der Waals surface area contributed by atoms with Crippen molar-refractivity contribution in [1.82, 2.24) is 10.2 Å². The minimum atomic E-state index is 0.685. The van der Waals surface area contributed by atoms with Crippen molar-refractivity contribution in [1.29, 1.82) is 0 Å². The van der Waals surface area contributed by atoms with E-state index in [1.807, 2.05) is 7.05 Å². The summed E-state index contributed by atoms with van der Waals surface area (Å²) in [5.74, 6) is 0.744. The molecule has 1 heterocycles. The van der Waals surface area contributed by atoms with E-state index in [1.165, 1.54) is 43.5 Å². The largest absolute Gasteiger partial charge is 0.317 e. The fourth-order valence-corrected chi connectivity index (χ4v) is 2.69. The minimum Gasteiger partial charge on any atom is -0.317 e. The molecular formula is C21H36N2. The summed E-state index contributed by atoms with van der Waals surface area (Å²) in [4.78, 5) is 2.56. The van der Waals surface area contributed by atoms with Crippen molar-refractivity contribution >= 4 is 0 Å². The molecule has 1 aromatic rings. The quantitative estimate of drug-likeness (QED) is 0.768. The Morgan fingerprint density at radius 2 is 1.74 bits per heavy atom. The average Bonchev–Trinajstić information content (AvgIpc) is 2.63. The molecule has 2 heteroatoms. The molecular weight excluding hydrogens is 280 g/mol. The highest BCUT2D eigenvalue weighted by atomic mass is 15.1. The summed E-state index contributed by atoms with van der Waals surface area (Å²) in [7, 11) is 1.98. The maximum Gasteiger partial charge on any atom is 0.0233 e. The molecule has 1 fully saturated rings. The van der Waals surface area contributed by atoms with Crippen molar-refractivity contribution in [2.45, 2.75) is 59.0 Å². The van der Waals surface area contributed by atoms with E-state index < -0.39 is 0 Å². The van der Waals surface area contributed by atoms with Crippen LogP contribution in [0.5, 0.6) is 0 Å². The van der Waals surface area contributed by atoms with Gasteiger partial charge in [0.15, 0.2) is 0 Å². The summed E-state index contributed by atoms with van der Waals surface area (Å²) in [6, 6.07) is 9.75. The molecule has 1 aromatic carbocycles. The summed E-state index contributed by atoms with van der Waals surface area (Å²) < 4.78 is 0. The first kappa shape index (κ1) is 19.9. The van der Waals surface area contributed by atoms with Crippen molar-refractivity contribution < 1.29 is 0 Å². The minimum absolute atomic E-state index is 0.685. The van der Waals surface area contributed by atoms with E-state index in [2.05, 4.69) is 67.9 Å². The van der Waals surface area contributed by atoms with E-state index in [-0.39, 0.29) is 0 Å². The number of hydrogen-bond donors (Lipinski definition) is 1. The molecule has 1 atom stereocenters. The van der Waals surface area contributed by atoms with Crippen molar-refractivity contribution in [2.75, 3.05) is 20.1 Å². The molecule has 0 aliphatic carbocycles. The van der Waals surface area contributed by atoms with Crippen LogP contribution >= 0.6 is 0 Å². The summed E-state index contributed by atoms with van der Waals surface area (Å²) in [5.41, 5.74) is 2.87. The van der Waals surface area contributed by atoms with E-state index in [1.54, 1.807) is 0 Å². The van der Waals surface area contributed by atoms with E-state index in [9.17, 15) is 0 Å². The zero-order valence-electron chi connectivity index (χ0n) is 15.6. The van der Waals surface area contributed by atoms with Crippen LogP contribution in [0.25, 0.3) is 0 Å². The summed E-state index contributed by atoms with van der Waals surface area (Å²) in [6.45, 7) is 14.0. The molecule has 2 rings (SSSR count). The number of benzene rings is 1. The highest BCUT2D eigenvalue weighted by Gasteiger charge is 2.16. The molecule has 2 nitrogen and oxygen atoms in total. The lowest BCUT2D eigenvalue weighted by Gasteiger charge is -2.30. The molecule has 1 unspecified atom stereocenters. The summed E-state index contributed by atoms with van der Waals surface area (Å²) in [6.07, 6.45) is 7.02.